The molecule has 1 aromatic rings. The number of rotatable bonds is 4. The van der Waals surface area contributed by atoms with Crippen molar-refractivity contribution in [3.8, 4) is 5.75 Å². The van der Waals surface area contributed by atoms with E-state index in [1.807, 2.05) is 19.1 Å². The van der Waals surface area contributed by atoms with Gasteiger partial charge in [-0.05, 0) is 31.4 Å². The van der Waals surface area contributed by atoms with Gasteiger partial charge in [0.15, 0.2) is 0 Å². The second kappa shape index (κ2) is 5.47. The Morgan fingerprint density at radius 3 is 2.50 bits per heavy atom. The molecule has 0 spiro atoms. The molecule has 2 unspecified atom stereocenters. The van der Waals surface area contributed by atoms with Gasteiger partial charge in [-0.1, -0.05) is 18.2 Å². The van der Waals surface area contributed by atoms with Crippen LogP contribution in [0.3, 0.4) is 0 Å². The van der Waals surface area contributed by atoms with Gasteiger partial charge in [0.2, 0.25) is 0 Å². The minimum atomic E-state index is -0.0178. The van der Waals surface area contributed by atoms with E-state index in [0.29, 0.717) is 12.2 Å². The summed E-state index contributed by atoms with van der Waals surface area (Å²) in [4.78, 5) is 0. The Bertz CT molecular complexity index is 286. The molecule has 1 nitrogen and oxygen atoms in total. The Morgan fingerprint density at radius 1 is 1.29 bits per heavy atom. The largest absolute Gasteiger partial charge is 0.508 e. The van der Waals surface area contributed by atoms with Crippen LogP contribution in [0.15, 0.2) is 24.3 Å². The number of hydrogen-bond acceptors (Lipinski definition) is 1. The van der Waals surface area contributed by atoms with Crippen LogP contribution in [0.2, 0.25) is 0 Å². The van der Waals surface area contributed by atoms with Crippen molar-refractivity contribution in [1.82, 2.24) is 0 Å². The van der Waals surface area contributed by atoms with Crippen LogP contribution in [0, 0.1) is 0 Å². The predicted octanol–water partition coefficient (Wildman–Crippen LogP) is 3.56. The molecule has 0 aromatic heterocycles. The molecule has 78 valence electrons. The summed E-state index contributed by atoms with van der Waals surface area (Å²) < 4.78 is 0. The third kappa shape index (κ3) is 3.77. The molecule has 1 N–H and O–H groups in total. The van der Waals surface area contributed by atoms with Crippen LogP contribution in [0.5, 0.6) is 5.75 Å². The molecule has 0 amide bonds. The van der Waals surface area contributed by atoms with E-state index >= 15 is 0 Å². The molecule has 0 saturated carbocycles. The van der Waals surface area contributed by atoms with Gasteiger partial charge in [-0.25, -0.2) is 0 Å². The maximum atomic E-state index is 9.50. The fourth-order valence-electron chi connectivity index (χ4n) is 1.36. The van der Waals surface area contributed by atoms with Gasteiger partial charge in [-0.2, -0.15) is 0 Å². The molecule has 2 atom stereocenters. The van der Waals surface area contributed by atoms with Crippen LogP contribution in [0.4, 0.5) is 0 Å². The Labute approximate surface area is 94.7 Å². The highest BCUT2D eigenvalue weighted by Gasteiger charge is 2.11. The zero-order chi connectivity index (χ0) is 10.6. The van der Waals surface area contributed by atoms with Crippen LogP contribution < -0.4 is 0 Å². The van der Waals surface area contributed by atoms with Gasteiger partial charge in [-0.15, -0.1) is 23.2 Å². The zero-order valence-corrected chi connectivity index (χ0v) is 9.59. The van der Waals surface area contributed by atoms with Crippen molar-refractivity contribution in [2.24, 2.45) is 0 Å². The molecule has 1 rings (SSSR count). The summed E-state index contributed by atoms with van der Waals surface area (Å²) in [6.07, 6.45) is 1.41. The van der Waals surface area contributed by atoms with Crippen molar-refractivity contribution >= 4 is 23.2 Å². The molecule has 0 fully saturated rings. The number of phenols is 1. The first kappa shape index (κ1) is 11.7. The van der Waals surface area contributed by atoms with E-state index in [9.17, 15) is 5.11 Å². The number of para-hydroxylation sites is 1. The fraction of sp³-hybridized carbons (Fsp3) is 0.455. The molecular weight excluding hydrogens is 219 g/mol. The van der Waals surface area contributed by atoms with Crippen molar-refractivity contribution in [1.29, 1.82) is 0 Å². The van der Waals surface area contributed by atoms with E-state index in [-0.39, 0.29) is 10.8 Å². The molecule has 1 aromatic carbocycles. The Kier molecular flexibility index (Phi) is 4.56. The smallest absolute Gasteiger partial charge is 0.118 e. The standard InChI is InChI=1S/C11H14Cl2O/c1-8(12)6-10(13)7-9-4-2-3-5-11(9)14/h2-5,8,10,14H,6-7H2,1H3. The number of phenolic OH excluding ortho intramolecular Hbond substituents is 1. The summed E-state index contributed by atoms with van der Waals surface area (Å²) >= 11 is 11.9. The van der Waals surface area contributed by atoms with E-state index in [1.165, 1.54) is 0 Å². The minimum Gasteiger partial charge on any atom is -0.508 e. The average Bonchev–Trinajstić information content (AvgIpc) is 2.07. The van der Waals surface area contributed by atoms with Crippen LogP contribution in [0.25, 0.3) is 0 Å². The lowest BCUT2D eigenvalue weighted by molar-refractivity contribution is 0.467. The average molecular weight is 233 g/mol. The Morgan fingerprint density at radius 2 is 1.93 bits per heavy atom. The first-order valence-corrected chi connectivity index (χ1v) is 5.52. The van der Waals surface area contributed by atoms with Gasteiger partial charge in [0.25, 0.3) is 0 Å². The van der Waals surface area contributed by atoms with Gasteiger partial charge in [-0.3, -0.25) is 0 Å². The highest BCUT2D eigenvalue weighted by Crippen LogP contribution is 2.22. The Hall–Kier alpha value is -0.400. The van der Waals surface area contributed by atoms with E-state index < -0.39 is 0 Å². The fourth-order valence-corrected chi connectivity index (χ4v) is 2.10. The highest BCUT2D eigenvalue weighted by molar-refractivity contribution is 6.23. The highest BCUT2D eigenvalue weighted by atomic mass is 35.5. The van der Waals surface area contributed by atoms with Gasteiger partial charge in [0.05, 0.1) is 0 Å². The maximum Gasteiger partial charge on any atom is 0.118 e. The van der Waals surface area contributed by atoms with Crippen molar-refractivity contribution < 1.29 is 5.11 Å². The third-order valence-electron chi connectivity index (χ3n) is 2.01. The van der Waals surface area contributed by atoms with Crippen molar-refractivity contribution in [3.63, 3.8) is 0 Å². The quantitative estimate of drug-likeness (QED) is 0.788. The first-order valence-electron chi connectivity index (χ1n) is 4.64. The molecule has 0 aliphatic carbocycles. The molecule has 0 aliphatic heterocycles. The monoisotopic (exact) mass is 232 g/mol. The summed E-state index contributed by atoms with van der Waals surface area (Å²) in [5.74, 6) is 0.306. The first-order chi connectivity index (χ1) is 6.59. The van der Waals surface area contributed by atoms with Gasteiger partial charge in [0, 0.05) is 10.8 Å². The van der Waals surface area contributed by atoms with Crippen LogP contribution in [-0.4, -0.2) is 15.9 Å². The topological polar surface area (TPSA) is 20.2 Å². The van der Waals surface area contributed by atoms with E-state index in [0.717, 1.165) is 12.0 Å². The summed E-state index contributed by atoms with van der Waals surface area (Å²) in [6.45, 7) is 1.92. The molecule has 0 heterocycles. The number of halogens is 2. The second-order valence-corrected chi connectivity index (χ2v) is 4.81. The van der Waals surface area contributed by atoms with Crippen molar-refractivity contribution in [2.45, 2.75) is 30.5 Å². The predicted molar refractivity (Wildman–Crippen MR) is 61.4 cm³/mol. The summed E-state index contributed by atoms with van der Waals surface area (Å²) in [7, 11) is 0. The van der Waals surface area contributed by atoms with Gasteiger partial charge >= 0.3 is 0 Å². The SMILES string of the molecule is CC(Cl)CC(Cl)Cc1ccccc1O. The minimum absolute atomic E-state index is 0.0178. The lowest BCUT2D eigenvalue weighted by atomic mass is 10.1. The second-order valence-electron chi connectivity index (χ2n) is 3.45. The lowest BCUT2D eigenvalue weighted by Crippen LogP contribution is -2.08. The molecule has 0 radical (unpaired) electrons. The normalized spacial score (nSPS) is 15.1. The molecule has 0 bridgehead atoms. The summed E-state index contributed by atoms with van der Waals surface area (Å²) in [5.41, 5.74) is 0.879. The van der Waals surface area contributed by atoms with Gasteiger partial charge in [0.1, 0.15) is 5.75 Å². The van der Waals surface area contributed by atoms with Crippen LogP contribution in [0.1, 0.15) is 18.9 Å². The molecule has 3 heteroatoms. The molecule has 14 heavy (non-hydrogen) atoms. The summed E-state index contributed by atoms with van der Waals surface area (Å²) in [6, 6.07) is 7.24. The van der Waals surface area contributed by atoms with Crippen LogP contribution >= 0.6 is 23.2 Å². The molecular formula is C11H14Cl2O. The lowest BCUT2D eigenvalue weighted by Gasteiger charge is -2.11. The molecule has 0 aliphatic rings. The van der Waals surface area contributed by atoms with Crippen LogP contribution in [-0.2, 0) is 6.42 Å². The summed E-state index contributed by atoms with van der Waals surface area (Å²) in [5, 5.41) is 9.56. The number of alkyl halides is 2. The zero-order valence-electron chi connectivity index (χ0n) is 8.08. The van der Waals surface area contributed by atoms with Gasteiger partial charge < -0.3 is 5.11 Å². The van der Waals surface area contributed by atoms with Crippen molar-refractivity contribution in [3.05, 3.63) is 29.8 Å². The Balaban J connectivity index is 2.56. The third-order valence-corrected chi connectivity index (χ3v) is 2.52. The van der Waals surface area contributed by atoms with E-state index in [2.05, 4.69) is 0 Å². The van der Waals surface area contributed by atoms with E-state index in [4.69, 9.17) is 23.2 Å². The van der Waals surface area contributed by atoms with E-state index in [1.54, 1.807) is 12.1 Å². The number of hydrogen-bond donors (Lipinski definition) is 1. The van der Waals surface area contributed by atoms with Crippen molar-refractivity contribution in [2.75, 3.05) is 0 Å². The molecule has 0 saturated heterocycles. The number of aromatic hydroxyl groups is 1. The number of benzene rings is 1. The maximum absolute atomic E-state index is 9.50.